The third-order valence-electron chi connectivity index (χ3n) is 4.12. The second-order valence-corrected chi connectivity index (χ2v) is 7.81. The Kier molecular flexibility index (Phi) is 8.02. The van der Waals surface area contributed by atoms with Gasteiger partial charge < -0.3 is 5.32 Å². The quantitative estimate of drug-likeness (QED) is 0.694. The molecule has 6 heteroatoms. The van der Waals surface area contributed by atoms with Crippen LogP contribution in [0.15, 0.2) is 0 Å². The molecule has 1 N–H and O–H groups in total. The van der Waals surface area contributed by atoms with Crippen molar-refractivity contribution in [2.45, 2.75) is 45.4 Å². The molecular weight excluding hydrogens is 274 g/mol. The summed E-state index contributed by atoms with van der Waals surface area (Å²) in [6.07, 6.45) is 6.45. The summed E-state index contributed by atoms with van der Waals surface area (Å²) in [6, 6.07) is 0. The standard InChI is InChI=1S/C14H31N3O2S/c1-4-7-14-8-5-12-17(13-9-14)20(18,19)16(3)11-6-10-15-2/h14-15H,4-13H2,1-3H3. The molecule has 0 aromatic heterocycles. The van der Waals surface area contributed by atoms with Crippen LogP contribution in [0.4, 0.5) is 0 Å². The molecule has 0 radical (unpaired) electrons. The fraction of sp³-hybridized carbons (Fsp3) is 1.00. The van der Waals surface area contributed by atoms with E-state index in [-0.39, 0.29) is 0 Å². The monoisotopic (exact) mass is 305 g/mol. The fourth-order valence-corrected chi connectivity index (χ4v) is 4.31. The minimum Gasteiger partial charge on any atom is -0.320 e. The molecule has 1 unspecified atom stereocenters. The van der Waals surface area contributed by atoms with Crippen molar-refractivity contribution < 1.29 is 8.42 Å². The maximum Gasteiger partial charge on any atom is 0.281 e. The van der Waals surface area contributed by atoms with Crippen LogP contribution < -0.4 is 5.32 Å². The van der Waals surface area contributed by atoms with E-state index in [2.05, 4.69) is 12.2 Å². The van der Waals surface area contributed by atoms with Crippen molar-refractivity contribution in [2.75, 3.05) is 40.3 Å². The molecule has 1 heterocycles. The smallest absolute Gasteiger partial charge is 0.281 e. The Morgan fingerprint density at radius 3 is 2.70 bits per heavy atom. The Bertz CT molecular complexity index is 359. The second kappa shape index (κ2) is 8.97. The van der Waals surface area contributed by atoms with E-state index in [1.807, 2.05) is 7.05 Å². The summed E-state index contributed by atoms with van der Waals surface area (Å²) < 4.78 is 28.2. The Labute approximate surface area is 124 Å². The summed E-state index contributed by atoms with van der Waals surface area (Å²) in [5, 5.41) is 3.05. The molecule has 0 bridgehead atoms. The van der Waals surface area contributed by atoms with E-state index in [1.54, 1.807) is 11.4 Å². The molecule has 0 aliphatic carbocycles. The van der Waals surface area contributed by atoms with E-state index in [0.29, 0.717) is 25.6 Å². The highest BCUT2D eigenvalue weighted by molar-refractivity contribution is 7.86. The maximum atomic E-state index is 12.5. The molecule has 1 rings (SSSR count). The number of hydrogen-bond donors (Lipinski definition) is 1. The van der Waals surface area contributed by atoms with Crippen molar-refractivity contribution in [1.29, 1.82) is 0 Å². The molecule has 0 spiro atoms. The van der Waals surface area contributed by atoms with Crippen LogP contribution >= 0.6 is 0 Å². The van der Waals surface area contributed by atoms with Crippen LogP contribution in [0.3, 0.4) is 0 Å². The lowest BCUT2D eigenvalue weighted by atomic mass is 9.96. The van der Waals surface area contributed by atoms with Gasteiger partial charge in [-0.05, 0) is 45.2 Å². The van der Waals surface area contributed by atoms with Gasteiger partial charge in [0, 0.05) is 26.7 Å². The lowest BCUT2D eigenvalue weighted by Gasteiger charge is -2.26. The first-order valence-electron chi connectivity index (χ1n) is 7.88. The SMILES string of the molecule is CCCC1CCCN(S(=O)(=O)N(C)CCCNC)CC1. The second-order valence-electron chi connectivity index (χ2n) is 5.77. The van der Waals surface area contributed by atoms with Gasteiger partial charge >= 0.3 is 0 Å². The van der Waals surface area contributed by atoms with Crippen molar-refractivity contribution in [3.8, 4) is 0 Å². The first-order valence-corrected chi connectivity index (χ1v) is 9.28. The molecule has 1 fully saturated rings. The number of nitrogens with one attached hydrogen (secondary N) is 1. The minimum absolute atomic E-state index is 0.581. The molecule has 5 nitrogen and oxygen atoms in total. The fourth-order valence-electron chi connectivity index (χ4n) is 2.86. The van der Waals surface area contributed by atoms with Crippen molar-refractivity contribution in [2.24, 2.45) is 5.92 Å². The Hall–Kier alpha value is -0.170. The zero-order valence-corrected chi connectivity index (χ0v) is 14.1. The lowest BCUT2D eigenvalue weighted by molar-refractivity contribution is 0.356. The van der Waals surface area contributed by atoms with E-state index in [4.69, 9.17) is 0 Å². The number of nitrogens with zero attached hydrogens (tertiary/aromatic N) is 2. The molecule has 0 aromatic rings. The van der Waals surface area contributed by atoms with Gasteiger partial charge in [0.2, 0.25) is 0 Å². The van der Waals surface area contributed by atoms with E-state index < -0.39 is 10.2 Å². The van der Waals surface area contributed by atoms with Crippen LogP contribution in [0.25, 0.3) is 0 Å². The Morgan fingerprint density at radius 2 is 2.05 bits per heavy atom. The van der Waals surface area contributed by atoms with Crippen LogP contribution in [0.2, 0.25) is 0 Å². The maximum absolute atomic E-state index is 12.5. The van der Waals surface area contributed by atoms with Gasteiger partial charge in [-0.15, -0.1) is 0 Å². The number of rotatable bonds is 8. The third kappa shape index (κ3) is 5.31. The van der Waals surface area contributed by atoms with Crippen LogP contribution in [0, 0.1) is 5.92 Å². The zero-order chi connectivity index (χ0) is 15.0. The normalized spacial score (nSPS) is 22.1. The molecule has 1 aliphatic rings. The highest BCUT2D eigenvalue weighted by Gasteiger charge is 2.28. The first-order chi connectivity index (χ1) is 9.52. The molecule has 1 saturated heterocycles. The zero-order valence-electron chi connectivity index (χ0n) is 13.3. The molecule has 0 saturated carbocycles. The summed E-state index contributed by atoms with van der Waals surface area (Å²) in [5.41, 5.74) is 0. The average molecular weight is 305 g/mol. The van der Waals surface area contributed by atoms with E-state index in [0.717, 1.165) is 25.8 Å². The van der Waals surface area contributed by atoms with Gasteiger partial charge in [0.15, 0.2) is 0 Å². The van der Waals surface area contributed by atoms with Gasteiger partial charge in [-0.25, -0.2) is 0 Å². The van der Waals surface area contributed by atoms with Crippen molar-refractivity contribution in [3.05, 3.63) is 0 Å². The van der Waals surface area contributed by atoms with E-state index in [9.17, 15) is 8.42 Å². The summed E-state index contributed by atoms with van der Waals surface area (Å²) >= 11 is 0. The van der Waals surface area contributed by atoms with E-state index >= 15 is 0 Å². The molecule has 0 aromatic carbocycles. The van der Waals surface area contributed by atoms with Gasteiger partial charge in [-0.1, -0.05) is 19.8 Å². The predicted molar refractivity (Wildman–Crippen MR) is 83.9 cm³/mol. The predicted octanol–water partition coefficient (Wildman–Crippen LogP) is 1.67. The number of hydrogen-bond acceptors (Lipinski definition) is 3. The topological polar surface area (TPSA) is 52.7 Å². The first kappa shape index (κ1) is 17.9. The summed E-state index contributed by atoms with van der Waals surface area (Å²) in [5.74, 6) is 0.704. The molecule has 1 aliphatic heterocycles. The van der Waals surface area contributed by atoms with Gasteiger partial charge in [0.25, 0.3) is 10.2 Å². The van der Waals surface area contributed by atoms with Gasteiger partial charge in [-0.2, -0.15) is 17.0 Å². The van der Waals surface area contributed by atoms with Gasteiger partial charge in [0.05, 0.1) is 0 Å². The van der Waals surface area contributed by atoms with Crippen molar-refractivity contribution in [3.63, 3.8) is 0 Å². The van der Waals surface area contributed by atoms with Gasteiger partial charge in [-0.3, -0.25) is 0 Å². The minimum atomic E-state index is -3.27. The Balaban J connectivity index is 2.54. The Morgan fingerprint density at radius 1 is 1.30 bits per heavy atom. The van der Waals surface area contributed by atoms with Crippen LogP contribution in [0.5, 0.6) is 0 Å². The molecular formula is C14H31N3O2S. The van der Waals surface area contributed by atoms with Crippen molar-refractivity contribution >= 4 is 10.2 Å². The molecule has 0 amide bonds. The van der Waals surface area contributed by atoms with Crippen LogP contribution in [-0.2, 0) is 10.2 Å². The van der Waals surface area contributed by atoms with Gasteiger partial charge in [0.1, 0.15) is 0 Å². The highest BCUT2D eigenvalue weighted by Crippen LogP contribution is 2.24. The molecule has 120 valence electrons. The van der Waals surface area contributed by atoms with Crippen LogP contribution in [-0.4, -0.2) is 57.3 Å². The summed E-state index contributed by atoms with van der Waals surface area (Å²) in [6.45, 7) is 4.99. The molecule has 1 atom stereocenters. The summed E-state index contributed by atoms with van der Waals surface area (Å²) in [4.78, 5) is 0. The largest absolute Gasteiger partial charge is 0.320 e. The average Bonchev–Trinajstić information content (AvgIpc) is 2.65. The van der Waals surface area contributed by atoms with Crippen molar-refractivity contribution in [1.82, 2.24) is 13.9 Å². The highest BCUT2D eigenvalue weighted by atomic mass is 32.2. The molecule has 20 heavy (non-hydrogen) atoms. The van der Waals surface area contributed by atoms with E-state index in [1.165, 1.54) is 23.6 Å². The van der Waals surface area contributed by atoms with Crippen LogP contribution in [0.1, 0.15) is 45.4 Å². The summed E-state index contributed by atoms with van der Waals surface area (Å²) in [7, 11) is 0.315. The lowest BCUT2D eigenvalue weighted by Crippen LogP contribution is -2.43. The third-order valence-corrected chi connectivity index (χ3v) is 6.11.